The van der Waals surface area contributed by atoms with Gasteiger partial charge in [0.15, 0.2) is 6.61 Å². The topological polar surface area (TPSA) is 68.3 Å². The zero-order valence-corrected chi connectivity index (χ0v) is 18.2. The van der Waals surface area contributed by atoms with Gasteiger partial charge >= 0.3 is 5.97 Å². The number of rotatable bonds is 5. The molecule has 0 unspecified atom stereocenters. The third-order valence-electron chi connectivity index (χ3n) is 5.73. The van der Waals surface area contributed by atoms with Gasteiger partial charge in [0.1, 0.15) is 0 Å². The van der Waals surface area contributed by atoms with E-state index in [0.717, 1.165) is 41.4 Å². The van der Waals surface area contributed by atoms with E-state index < -0.39 is 5.97 Å². The molecule has 5 heteroatoms. The number of amides is 1. The minimum absolute atomic E-state index is 0.154. The van der Waals surface area contributed by atoms with Crippen molar-refractivity contribution in [3.05, 3.63) is 41.1 Å². The summed E-state index contributed by atoms with van der Waals surface area (Å²) in [4.78, 5) is 30.0. The van der Waals surface area contributed by atoms with Crippen molar-refractivity contribution in [1.82, 2.24) is 10.3 Å². The Labute approximate surface area is 173 Å². The number of nitrogens with zero attached hydrogens (tertiary/aromatic N) is 1. The van der Waals surface area contributed by atoms with Gasteiger partial charge in [-0.15, -0.1) is 0 Å². The fourth-order valence-corrected chi connectivity index (χ4v) is 3.93. The number of carbonyl (C=O) groups excluding carboxylic acids is 2. The molecule has 2 aromatic rings. The first-order valence-corrected chi connectivity index (χ1v) is 10.5. The van der Waals surface area contributed by atoms with Crippen molar-refractivity contribution in [3.8, 4) is 0 Å². The van der Waals surface area contributed by atoms with Crippen LogP contribution in [0.1, 0.15) is 62.7 Å². The molecule has 0 bridgehead atoms. The highest BCUT2D eigenvalue weighted by atomic mass is 16.5. The molecule has 0 aliphatic heterocycles. The number of nitrogens with one attached hydrogen (secondary N) is 1. The van der Waals surface area contributed by atoms with Crippen LogP contribution in [-0.2, 0) is 22.4 Å². The van der Waals surface area contributed by atoms with E-state index in [1.54, 1.807) is 0 Å². The molecule has 1 amide bonds. The smallest absolute Gasteiger partial charge is 0.339 e. The highest BCUT2D eigenvalue weighted by Gasteiger charge is 2.33. The Kier molecular flexibility index (Phi) is 6.25. The molecule has 1 aromatic heterocycles. The molecule has 0 saturated carbocycles. The molecule has 1 N–H and O–H groups in total. The molecular formula is C24H32N2O3. The van der Waals surface area contributed by atoms with Gasteiger partial charge in [-0.05, 0) is 48.1 Å². The Morgan fingerprint density at radius 3 is 2.66 bits per heavy atom. The monoisotopic (exact) mass is 396 g/mol. The summed E-state index contributed by atoms with van der Waals surface area (Å²) >= 11 is 0. The number of carbonyl (C=O) groups is 2. The predicted molar refractivity (Wildman–Crippen MR) is 115 cm³/mol. The van der Waals surface area contributed by atoms with E-state index in [1.807, 2.05) is 38.1 Å². The number of ether oxygens (including phenoxy) is 1. The van der Waals surface area contributed by atoms with Crippen LogP contribution in [0, 0.1) is 17.3 Å². The van der Waals surface area contributed by atoms with Crippen molar-refractivity contribution >= 4 is 22.8 Å². The lowest BCUT2D eigenvalue weighted by Gasteiger charge is -2.35. The molecule has 1 aliphatic rings. The zero-order valence-electron chi connectivity index (χ0n) is 18.2. The molecule has 3 rings (SSSR count). The average Bonchev–Trinajstić information content (AvgIpc) is 2.67. The Morgan fingerprint density at radius 2 is 1.97 bits per heavy atom. The molecule has 1 aromatic carbocycles. The lowest BCUT2D eigenvalue weighted by Crippen LogP contribution is -2.32. The van der Waals surface area contributed by atoms with Gasteiger partial charge in [0.2, 0.25) is 0 Å². The standard InChI is InChI=1S/C24H32N2O3/c1-15(2)13-25-21(27)14-29-23(28)22-17-8-6-7-9-19(17)26-20-11-10-16(12-18(20)22)24(3,4)5/h6-9,15-16H,10-14H2,1-5H3,(H,25,27)/t16-/m0/s1. The molecule has 1 heterocycles. The van der Waals surface area contributed by atoms with Crippen LogP contribution in [0.5, 0.6) is 0 Å². The van der Waals surface area contributed by atoms with Crippen molar-refractivity contribution in [3.63, 3.8) is 0 Å². The normalized spacial score (nSPS) is 16.6. The number of esters is 1. The number of fused-ring (bicyclic) bond motifs is 2. The average molecular weight is 397 g/mol. The molecule has 1 aliphatic carbocycles. The Morgan fingerprint density at radius 1 is 1.24 bits per heavy atom. The summed E-state index contributed by atoms with van der Waals surface area (Å²) in [5, 5.41) is 3.59. The highest BCUT2D eigenvalue weighted by Crippen LogP contribution is 2.39. The molecule has 156 valence electrons. The van der Waals surface area contributed by atoms with E-state index in [1.165, 1.54) is 0 Å². The minimum atomic E-state index is -0.436. The van der Waals surface area contributed by atoms with E-state index in [9.17, 15) is 9.59 Å². The van der Waals surface area contributed by atoms with E-state index in [-0.39, 0.29) is 17.9 Å². The van der Waals surface area contributed by atoms with Crippen LogP contribution in [0.25, 0.3) is 10.9 Å². The van der Waals surface area contributed by atoms with Crippen LogP contribution in [0.15, 0.2) is 24.3 Å². The number of pyridine rings is 1. The maximum absolute atomic E-state index is 13.1. The third kappa shape index (κ3) is 4.95. The Bertz CT molecular complexity index is 912. The number of benzene rings is 1. The number of aromatic nitrogens is 1. The minimum Gasteiger partial charge on any atom is -0.452 e. The quantitative estimate of drug-likeness (QED) is 0.765. The molecule has 29 heavy (non-hydrogen) atoms. The largest absolute Gasteiger partial charge is 0.452 e. The van der Waals surface area contributed by atoms with Crippen molar-refractivity contribution in [2.24, 2.45) is 17.3 Å². The highest BCUT2D eigenvalue weighted by molar-refractivity contribution is 6.05. The molecule has 0 radical (unpaired) electrons. The molecular weight excluding hydrogens is 364 g/mol. The summed E-state index contributed by atoms with van der Waals surface area (Å²) in [5.41, 5.74) is 3.51. The van der Waals surface area contributed by atoms with Gasteiger partial charge in [-0.2, -0.15) is 0 Å². The van der Waals surface area contributed by atoms with Crippen molar-refractivity contribution < 1.29 is 14.3 Å². The number of hydrogen-bond donors (Lipinski definition) is 1. The summed E-state index contributed by atoms with van der Waals surface area (Å²) < 4.78 is 5.44. The van der Waals surface area contributed by atoms with Crippen molar-refractivity contribution in [2.75, 3.05) is 13.2 Å². The SMILES string of the molecule is CC(C)CNC(=O)COC(=O)c1c2c(nc3ccccc13)CC[C@H](C(C)(C)C)C2. The van der Waals surface area contributed by atoms with Gasteiger partial charge in [0.25, 0.3) is 5.91 Å². The summed E-state index contributed by atoms with van der Waals surface area (Å²) in [6.07, 6.45) is 2.73. The number of para-hydroxylation sites is 1. The van der Waals surface area contributed by atoms with Gasteiger partial charge in [-0.25, -0.2) is 4.79 Å². The predicted octanol–water partition coefficient (Wildman–Crippen LogP) is 4.31. The second kappa shape index (κ2) is 8.52. The van der Waals surface area contributed by atoms with E-state index in [0.29, 0.717) is 23.9 Å². The first-order valence-electron chi connectivity index (χ1n) is 10.5. The first-order chi connectivity index (χ1) is 13.7. The van der Waals surface area contributed by atoms with Crippen LogP contribution in [0.2, 0.25) is 0 Å². The first kappa shape index (κ1) is 21.3. The maximum Gasteiger partial charge on any atom is 0.339 e. The van der Waals surface area contributed by atoms with E-state index in [4.69, 9.17) is 9.72 Å². The van der Waals surface area contributed by atoms with Crippen LogP contribution >= 0.6 is 0 Å². The second-order valence-electron chi connectivity index (χ2n) is 9.51. The number of hydrogen-bond acceptors (Lipinski definition) is 4. The lowest BCUT2D eigenvalue weighted by molar-refractivity contribution is -0.124. The fraction of sp³-hybridized carbons (Fsp3) is 0.542. The van der Waals surface area contributed by atoms with Crippen LogP contribution in [0.3, 0.4) is 0 Å². The maximum atomic E-state index is 13.1. The molecule has 0 saturated heterocycles. The fourth-order valence-electron chi connectivity index (χ4n) is 3.93. The molecule has 1 atom stereocenters. The van der Waals surface area contributed by atoms with Gasteiger partial charge in [-0.1, -0.05) is 52.8 Å². The Hall–Kier alpha value is -2.43. The molecule has 5 nitrogen and oxygen atoms in total. The van der Waals surface area contributed by atoms with Crippen molar-refractivity contribution in [1.29, 1.82) is 0 Å². The van der Waals surface area contributed by atoms with Crippen LogP contribution < -0.4 is 5.32 Å². The molecule has 0 spiro atoms. The summed E-state index contributed by atoms with van der Waals surface area (Å²) in [6, 6.07) is 7.68. The lowest BCUT2D eigenvalue weighted by atomic mass is 9.70. The van der Waals surface area contributed by atoms with Crippen molar-refractivity contribution in [2.45, 2.75) is 53.9 Å². The van der Waals surface area contributed by atoms with E-state index >= 15 is 0 Å². The third-order valence-corrected chi connectivity index (χ3v) is 5.73. The Balaban J connectivity index is 1.91. The van der Waals surface area contributed by atoms with Crippen LogP contribution in [0.4, 0.5) is 0 Å². The number of aryl methyl sites for hydroxylation is 1. The van der Waals surface area contributed by atoms with Crippen LogP contribution in [-0.4, -0.2) is 30.0 Å². The summed E-state index contributed by atoms with van der Waals surface area (Å²) in [7, 11) is 0. The van der Waals surface area contributed by atoms with Gasteiger partial charge in [0.05, 0.1) is 11.1 Å². The van der Waals surface area contributed by atoms with Gasteiger partial charge in [-0.3, -0.25) is 9.78 Å². The van der Waals surface area contributed by atoms with E-state index in [2.05, 4.69) is 26.1 Å². The second-order valence-corrected chi connectivity index (χ2v) is 9.51. The molecule has 0 fully saturated rings. The van der Waals surface area contributed by atoms with Gasteiger partial charge in [0, 0.05) is 17.6 Å². The zero-order chi connectivity index (χ0) is 21.2. The summed E-state index contributed by atoms with van der Waals surface area (Å²) in [6.45, 7) is 11.1. The summed E-state index contributed by atoms with van der Waals surface area (Å²) in [5.74, 6) is 0.111. The van der Waals surface area contributed by atoms with Gasteiger partial charge < -0.3 is 10.1 Å².